The summed E-state index contributed by atoms with van der Waals surface area (Å²) in [5.41, 5.74) is 13.9. The standard InChI is InChI=1S/C27H33N7O7S2.C10H11N.C4H11N/c1-15(35)32-21-14-43-42-13-20(25(28)39)34-23(37)11-29-22(36)10-30-26(40)19(33-24(38)12-31-27(21)41)9-16-6-7-17-4-2-3-5-18(17)8-16;1-2-8-7-11-10-6-4-3-5-9(8)10;1-2-3-4-5/h2-8,19-21H,9-14H2,1H3,(H2,28,39)(H,29,36)(H,30,40)(H,31,41)(H,32,35)(H,33,38)(H,34,37);3-7,11H,2H2,1H3;2-5H2,1H3. The number of para-hydroxylation sites is 1. The van der Waals surface area contributed by atoms with Crippen molar-refractivity contribution in [3.63, 3.8) is 0 Å². The second-order valence-corrected chi connectivity index (χ2v) is 16.0. The summed E-state index contributed by atoms with van der Waals surface area (Å²) in [6.07, 6.45) is 5.66. The van der Waals surface area contributed by atoms with Crippen molar-refractivity contribution in [1.29, 1.82) is 0 Å². The summed E-state index contributed by atoms with van der Waals surface area (Å²) in [5, 5.41) is 18.1. The number of nitrogens with one attached hydrogen (secondary N) is 7. The van der Waals surface area contributed by atoms with Crippen molar-refractivity contribution < 1.29 is 33.6 Å². The fraction of sp³-hybridized carbons (Fsp3) is 0.390. The van der Waals surface area contributed by atoms with Crippen molar-refractivity contribution >= 4 is 84.6 Å². The van der Waals surface area contributed by atoms with Crippen LogP contribution in [0.3, 0.4) is 0 Å². The van der Waals surface area contributed by atoms with E-state index in [0.717, 1.165) is 50.9 Å². The van der Waals surface area contributed by atoms with Crippen LogP contribution in [0, 0.1) is 0 Å². The van der Waals surface area contributed by atoms with Crippen molar-refractivity contribution in [3.8, 4) is 0 Å². The van der Waals surface area contributed by atoms with Gasteiger partial charge >= 0.3 is 0 Å². The summed E-state index contributed by atoms with van der Waals surface area (Å²) in [6.45, 7) is 4.95. The highest BCUT2D eigenvalue weighted by Gasteiger charge is 2.25. The summed E-state index contributed by atoms with van der Waals surface area (Å²) < 4.78 is 0. The first-order valence-electron chi connectivity index (χ1n) is 19.3. The van der Waals surface area contributed by atoms with E-state index in [9.17, 15) is 33.6 Å². The molecule has 2 heterocycles. The number of nitrogens with two attached hydrogens (primary N) is 2. The van der Waals surface area contributed by atoms with Crippen LogP contribution >= 0.6 is 21.6 Å². The first-order chi connectivity index (χ1) is 28.3. The molecule has 11 N–H and O–H groups in total. The van der Waals surface area contributed by atoms with Crippen molar-refractivity contribution in [2.24, 2.45) is 11.5 Å². The number of rotatable bonds is 7. The quantitative estimate of drug-likeness (QED) is 0.121. The number of carbonyl (C=O) groups is 7. The fourth-order valence-electron chi connectivity index (χ4n) is 5.61. The topological polar surface area (TPSA) is 260 Å². The number of aromatic amines is 1. The van der Waals surface area contributed by atoms with Crippen LogP contribution in [0.4, 0.5) is 0 Å². The molecule has 7 amide bonds. The third kappa shape index (κ3) is 17.0. The molecule has 3 aromatic carbocycles. The number of fused-ring (bicyclic) bond motifs is 2. The molecule has 0 aliphatic carbocycles. The molecule has 1 aromatic heterocycles. The maximum absolute atomic E-state index is 13.1. The van der Waals surface area contributed by atoms with Crippen molar-refractivity contribution in [2.75, 3.05) is 37.7 Å². The Bertz CT molecular complexity index is 2040. The zero-order valence-electron chi connectivity index (χ0n) is 33.6. The van der Waals surface area contributed by atoms with E-state index in [-0.39, 0.29) is 17.9 Å². The van der Waals surface area contributed by atoms with E-state index in [1.807, 2.05) is 42.5 Å². The van der Waals surface area contributed by atoms with Crippen LogP contribution in [0.1, 0.15) is 44.7 Å². The van der Waals surface area contributed by atoms with Gasteiger partial charge in [-0.25, -0.2) is 0 Å². The van der Waals surface area contributed by atoms with Crippen molar-refractivity contribution in [3.05, 3.63) is 84.1 Å². The normalized spacial score (nSPS) is 18.6. The lowest BCUT2D eigenvalue weighted by molar-refractivity contribution is -0.131. The number of H-pyrrole nitrogens is 1. The third-order valence-corrected chi connectivity index (χ3v) is 11.2. The smallest absolute Gasteiger partial charge is 0.243 e. The first-order valence-corrected chi connectivity index (χ1v) is 21.8. The molecule has 18 heteroatoms. The molecule has 59 heavy (non-hydrogen) atoms. The highest BCUT2D eigenvalue weighted by Crippen LogP contribution is 2.23. The van der Waals surface area contributed by atoms with Crippen LogP contribution in [0.25, 0.3) is 21.7 Å². The number of primary amides is 1. The highest BCUT2D eigenvalue weighted by molar-refractivity contribution is 8.76. The lowest BCUT2D eigenvalue weighted by Crippen LogP contribution is -2.54. The molecule has 3 unspecified atom stereocenters. The largest absolute Gasteiger partial charge is 0.368 e. The second kappa shape index (κ2) is 25.7. The van der Waals surface area contributed by atoms with E-state index in [1.54, 1.807) is 0 Å². The van der Waals surface area contributed by atoms with Crippen LogP contribution < -0.4 is 43.4 Å². The zero-order valence-corrected chi connectivity index (χ0v) is 35.2. The molecule has 318 valence electrons. The molecule has 0 bridgehead atoms. The van der Waals surface area contributed by atoms with E-state index in [2.05, 4.69) is 81.2 Å². The molecule has 1 aliphatic rings. The lowest BCUT2D eigenvalue weighted by Gasteiger charge is -2.21. The maximum atomic E-state index is 13.1. The van der Waals surface area contributed by atoms with Gasteiger partial charge in [0.25, 0.3) is 0 Å². The number of hydrogen-bond acceptors (Lipinski definition) is 10. The van der Waals surface area contributed by atoms with Gasteiger partial charge < -0.3 is 48.4 Å². The summed E-state index contributed by atoms with van der Waals surface area (Å²) >= 11 is 0. The molecular weight excluding hydrogens is 795 g/mol. The van der Waals surface area contributed by atoms with E-state index in [1.165, 1.54) is 36.2 Å². The SMILES string of the molecule is CC(=O)NC1CSSCC(C(N)=O)NC(=O)CNC(=O)CNC(=O)C(Cc2ccc3ccccc3c2)NC(=O)CNC1=O.CCCCN.CCc1c[nH]c2ccccc12. The number of hydrogen-bond donors (Lipinski definition) is 9. The Kier molecular flexibility index (Phi) is 20.8. The van der Waals surface area contributed by atoms with Gasteiger partial charge in [-0.3, -0.25) is 33.6 Å². The molecule has 0 saturated carbocycles. The Morgan fingerprint density at radius 1 is 0.780 bits per heavy atom. The molecule has 4 aromatic rings. The molecular formula is C41H55N9O7S2. The Morgan fingerprint density at radius 2 is 1.42 bits per heavy atom. The number of benzene rings is 3. The average molecular weight is 850 g/mol. The van der Waals surface area contributed by atoms with Gasteiger partial charge in [-0.2, -0.15) is 0 Å². The van der Waals surface area contributed by atoms with Gasteiger partial charge in [0.1, 0.15) is 18.1 Å². The molecule has 5 rings (SSSR count). The van der Waals surface area contributed by atoms with Crippen molar-refractivity contribution in [1.82, 2.24) is 36.9 Å². The minimum atomic E-state index is -1.11. The van der Waals surface area contributed by atoms with E-state index >= 15 is 0 Å². The summed E-state index contributed by atoms with van der Waals surface area (Å²) in [6, 6.07) is 18.4. The van der Waals surface area contributed by atoms with E-state index < -0.39 is 79.1 Å². The summed E-state index contributed by atoms with van der Waals surface area (Å²) in [5.74, 6) is -4.49. The second-order valence-electron chi connectivity index (χ2n) is 13.4. The maximum Gasteiger partial charge on any atom is 0.243 e. The minimum Gasteiger partial charge on any atom is -0.368 e. The number of aryl methyl sites for hydroxylation is 1. The van der Waals surface area contributed by atoms with Gasteiger partial charge in [0.2, 0.25) is 41.4 Å². The monoisotopic (exact) mass is 849 g/mol. The Morgan fingerprint density at radius 3 is 2.10 bits per heavy atom. The fourth-order valence-corrected chi connectivity index (χ4v) is 7.95. The van der Waals surface area contributed by atoms with Crippen LogP contribution in [-0.4, -0.2) is 102 Å². The van der Waals surface area contributed by atoms with Crippen LogP contribution in [0.15, 0.2) is 72.9 Å². The van der Waals surface area contributed by atoms with Gasteiger partial charge in [-0.15, -0.1) is 0 Å². The van der Waals surface area contributed by atoms with Crippen LogP contribution in [0.2, 0.25) is 0 Å². The average Bonchev–Trinajstić information content (AvgIpc) is 3.65. The van der Waals surface area contributed by atoms with E-state index in [0.29, 0.717) is 0 Å². The van der Waals surface area contributed by atoms with Gasteiger partial charge in [0.15, 0.2) is 0 Å². The Hall–Kier alpha value is -5.59. The molecule has 1 fully saturated rings. The number of amides is 7. The molecule has 1 aliphatic heterocycles. The number of carbonyl (C=O) groups excluding carboxylic acids is 7. The number of unbranched alkanes of at least 4 members (excludes halogenated alkanes) is 1. The van der Waals surface area contributed by atoms with Gasteiger partial charge in [-0.1, -0.05) is 103 Å². The lowest BCUT2D eigenvalue weighted by atomic mass is 10.0. The van der Waals surface area contributed by atoms with Gasteiger partial charge in [-0.05, 0) is 47.4 Å². The summed E-state index contributed by atoms with van der Waals surface area (Å²) in [7, 11) is 2.27. The first kappa shape index (κ1) is 47.8. The van der Waals surface area contributed by atoms with Crippen molar-refractivity contribution in [2.45, 2.75) is 64.6 Å². The number of aromatic nitrogens is 1. The molecule has 3 atom stereocenters. The Balaban J connectivity index is 0.000000478. The third-order valence-electron chi connectivity index (χ3n) is 8.74. The highest BCUT2D eigenvalue weighted by atomic mass is 33.1. The molecule has 0 spiro atoms. The van der Waals surface area contributed by atoms with Gasteiger partial charge in [0.05, 0.1) is 19.6 Å². The molecule has 1 saturated heterocycles. The predicted octanol–water partition coefficient (Wildman–Crippen LogP) is 1.56. The van der Waals surface area contributed by atoms with Gasteiger partial charge in [0, 0.05) is 42.0 Å². The zero-order chi connectivity index (χ0) is 43.2. The minimum absolute atomic E-state index is 0.0468. The van der Waals surface area contributed by atoms with Crippen LogP contribution in [0.5, 0.6) is 0 Å². The Labute approximate surface area is 351 Å². The molecule has 0 radical (unpaired) electrons. The predicted molar refractivity (Wildman–Crippen MR) is 234 cm³/mol. The van der Waals surface area contributed by atoms with Crippen LogP contribution in [-0.2, 0) is 46.4 Å². The molecule has 16 nitrogen and oxygen atoms in total. The summed E-state index contributed by atoms with van der Waals surface area (Å²) in [4.78, 5) is 90.1. The van der Waals surface area contributed by atoms with E-state index in [4.69, 9.17) is 11.5 Å².